The van der Waals surface area contributed by atoms with Crippen LogP contribution in [0.1, 0.15) is 34.3 Å². The number of hydrogen-bond acceptors (Lipinski definition) is 4. The summed E-state index contributed by atoms with van der Waals surface area (Å²) in [4.78, 5) is 25.6. The molecule has 0 bridgehead atoms. The van der Waals surface area contributed by atoms with Gasteiger partial charge in [0, 0.05) is 5.92 Å². The van der Waals surface area contributed by atoms with Crippen LogP contribution in [0, 0.1) is 0 Å². The van der Waals surface area contributed by atoms with Gasteiger partial charge in [-0.25, -0.2) is 4.79 Å². The van der Waals surface area contributed by atoms with Crippen molar-refractivity contribution >= 4 is 11.9 Å². The summed E-state index contributed by atoms with van der Waals surface area (Å²) in [6, 6.07) is 17.4. The van der Waals surface area contributed by atoms with Crippen molar-refractivity contribution < 1.29 is 32.6 Å². The second kappa shape index (κ2) is 8.71. The van der Waals surface area contributed by atoms with E-state index in [2.05, 4.69) is 5.32 Å². The first-order valence-corrected chi connectivity index (χ1v) is 10.1. The van der Waals surface area contributed by atoms with Gasteiger partial charge < -0.3 is 15.2 Å². The lowest BCUT2D eigenvalue weighted by molar-refractivity contribution is -0.146. The maximum absolute atomic E-state index is 12.8. The number of rotatable bonds is 5. The highest BCUT2D eigenvalue weighted by atomic mass is 19.4. The zero-order valence-electron chi connectivity index (χ0n) is 17.5. The van der Waals surface area contributed by atoms with Crippen LogP contribution in [0.25, 0.3) is 11.1 Å². The lowest BCUT2D eigenvalue weighted by Crippen LogP contribution is -2.47. The molecule has 170 valence electrons. The number of aliphatic hydroxyl groups is 1. The molecule has 1 aliphatic carbocycles. The number of alkyl halides is 3. The van der Waals surface area contributed by atoms with E-state index in [0.29, 0.717) is 0 Å². The Bertz CT molecular complexity index is 1150. The SMILES string of the molecule is COC(=O)[C@H](NC(=O)[C@H](O)c1ccc(C(F)(F)F)cc1)C1c2ccccc2-c2ccccc21. The van der Waals surface area contributed by atoms with E-state index in [4.69, 9.17) is 4.74 Å². The van der Waals surface area contributed by atoms with E-state index >= 15 is 0 Å². The Morgan fingerprint density at radius 2 is 1.42 bits per heavy atom. The average molecular weight is 455 g/mol. The number of amides is 1. The molecule has 0 spiro atoms. The van der Waals surface area contributed by atoms with E-state index in [1.54, 1.807) is 0 Å². The Morgan fingerprint density at radius 3 is 1.91 bits per heavy atom. The summed E-state index contributed by atoms with van der Waals surface area (Å²) in [6.07, 6.45) is -6.31. The summed E-state index contributed by atoms with van der Waals surface area (Å²) in [5.74, 6) is -2.19. The van der Waals surface area contributed by atoms with Gasteiger partial charge in [0.25, 0.3) is 5.91 Å². The topological polar surface area (TPSA) is 75.6 Å². The van der Waals surface area contributed by atoms with E-state index in [-0.39, 0.29) is 5.56 Å². The number of halogens is 3. The fraction of sp³-hybridized carbons (Fsp3) is 0.200. The van der Waals surface area contributed by atoms with Crippen molar-refractivity contribution in [1.82, 2.24) is 5.32 Å². The number of methoxy groups -OCH3 is 1. The van der Waals surface area contributed by atoms with Gasteiger partial charge in [-0.05, 0) is 39.9 Å². The molecule has 0 saturated carbocycles. The molecule has 0 unspecified atom stereocenters. The quantitative estimate of drug-likeness (QED) is 0.566. The van der Waals surface area contributed by atoms with Crippen LogP contribution in [-0.4, -0.2) is 30.1 Å². The molecular weight excluding hydrogens is 435 g/mol. The van der Waals surface area contributed by atoms with Crippen LogP contribution in [0.2, 0.25) is 0 Å². The number of ether oxygens (including phenoxy) is 1. The third kappa shape index (κ3) is 4.21. The van der Waals surface area contributed by atoms with E-state index in [9.17, 15) is 27.9 Å². The van der Waals surface area contributed by atoms with Gasteiger partial charge in [-0.3, -0.25) is 4.79 Å². The van der Waals surface area contributed by atoms with Gasteiger partial charge in [0.15, 0.2) is 6.10 Å². The molecule has 5 nitrogen and oxygen atoms in total. The lowest BCUT2D eigenvalue weighted by Gasteiger charge is -2.25. The monoisotopic (exact) mass is 455 g/mol. The van der Waals surface area contributed by atoms with Crippen LogP contribution in [0.5, 0.6) is 0 Å². The second-order valence-corrected chi connectivity index (χ2v) is 7.68. The van der Waals surface area contributed by atoms with E-state index in [0.717, 1.165) is 46.5 Å². The van der Waals surface area contributed by atoms with Crippen molar-refractivity contribution in [3.8, 4) is 11.1 Å². The maximum Gasteiger partial charge on any atom is 0.416 e. The summed E-state index contributed by atoms with van der Waals surface area (Å²) in [5.41, 5.74) is 2.55. The fourth-order valence-corrected chi connectivity index (χ4v) is 4.20. The molecule has 2 N–H and O–H groups in total. The molecule has 0 aromatic heterocycles. The maximum atomic E-state index is 12.8. The molecule has 0 saturated heterocycles. The molecular formula is C25H20F3NO4. The highest BCUT2D eigenvalue weighted by Crippen LogP contribution is 2.46. The predicted octanol–water partition coefficient (Wildman–Crippen LogP) is 4.21. The van der Waals surface area contributed by atoms with E-state index in [1.165, 1.54) is 7.11 Å². The van der Waals surface area contributed by atoms with Gasteiger partial charge in [0.2, 0.25) is 0 Å². The molecule has 3 aromatic rings. The minimum absolute atomic E-state index is 0.0312. The van der Waals surface area contributed by atoms with Crippen molar-refractivity contribution in [2.24, 2.45) is 0 Å². The summed E-state index contributed by atoms with van der Waals surface area (Å²) >= 11 is 0. The zero-order valence-corrected chi connectivity index (χ0v) is 17.5. The molecule has 8 heteroatoms. The van der Waals surface area contributed by atoms with Crippen LogP contribution < -0.4 is 5.32 Å². The number of aliphatic hydroxyl groups excluding tert-OH is 1. The normalized spacial score (nSPS) is 14.7. The molecule has 0 radical (unpaired) electrons. The molecule has 2 atom stereocenters. The third-order valence-electron chi connectivity index (χ3n) is 5.77. The Labute approximate surface area is 187 Å². The van der Waals surface area contributed by atoms with Crippen LogP contribution in [-0.2, 0) is 20.5 Å². The molecule has 3 aromatic carbocycles. The van der Waals surface area contributed by atoms with Gasteiger partial charge in [0.1, 0.15) is 6.04 Å². The first-order valence-electron chi connectivity index (χ1n) is 10.1. The van der Waals surface area contributed by atoms with Crippen molar-refractivity contribution in [2.75, 3.05) is 7.11 Å². The number of hydrogen-bond donors (Lipinski definition) is 2. The summed E-state index contributed by atoms with van der Waals surface area (Å²) in [5, 5.41) is 13.0. The lowest BCUT2D eigenvalue weighted by atomic mass is 9.89. The van der Waals surface area contributed by atoms with Crippen LogP contribution >= 0.6 is 0 Å². The number of nitrogens with one attached hydrogen (secondary N) is 1. The number of carbonyl (C=O) groups is 2. The molecule has 0 heterocycles. The molecule has 1 aliphatic rings. The van der Waals surface area contributed by atoms with Gasteiger partial charge in [-0.15, -0.1) is 0 Å². The highest BCUT2D eigenvalue weighted by molar-refractivity contribution is 5.91. The smallest absolute Gasteiger partial charge is 0.416 e. The van der Waals surface area contributed by atoms with Gasteiger partial charge in [0.05, 0.1) is 12.7 Å². The van der Waals surface area contributed by atoms with Crippen molar-refractivity contribution in [1.29, 1.82) is 0 Å². The molecule has 33 heavy (non-hydrogen) atoms. The third-order valence-corrected chi connectivity index (χ3v) is 5.77. The van der Waals surface area contributed by atoms with E-state index in [1.807, 2.05) is 48.5 Å². The minimum atomic E-state index is -4.54. The van der Waals surface area contributed by atoms with Gasteiger partial charge in [-0.1, -0.05) is 60.7 Å². The summed E-state index contributed by atoms with van der Waals surface area (Å²) in [6.45, 7) is 0. The van der Waals surface area contributed by atoms with Crippen LogP contribution in [0.4, 0.5) is 13.2 Å². The first kappa shape index (κ1) is 22.5. The molecule has 0 aliphatic heterocycles. The number of esters is 1. The summed E-state index contributed by atoms with van der Waals surface area (Å²) in [7, 11) is 1.19. The van der Waals surface area contributed by atoms with Crippen molar-refractivity contribution in [2.45, 2.75) is 24.2 Å². The molecule has 4 rings (SSSR count). The number of benzene rings is 3. The zero-order chi connectivity index (χ0) is 23.8. The highest BCUT2D eigenvalue weighted by Gasteiger charge is 2.40. The second-order valence-electron chi connectivity index (χ2n) is 7.68. The Hall–Kier alpha value is -3.65. The van der Waals surface area contributed by atoms with Gasteiger partial charge >= 0.3 is 12.1 Å². The number of fused-ring (bicyclic) bond motifs is 3. The molecule has 0 fully saturated rings. The van der Waals surface area contributed by atoms with Gasteiger partial charge in [-0.2, -0.15) is 13.2 Å². The minimum Gasteiger partial charge on any atom is -0.467 e. The van der Waals surface area contributed by atoms with Crippen LogP contribution in [0.3, 0.4) is 0 Å². The number of carbonyl (C=O) groups excluding carboxylic acids is 2. The average Bonchev–Trinajstić information content (AvgIpc) is 3.15. The molecule has 1 amide bonds. The van der Waals surface area contributed by atoms with Crippen molar-refractivity contribution in [3.05, 3.63) is 95.1 Å². The first-order chi connectivity index (χ1) is 15.7. The Morgan fingerprint density at radius 1 is 0.909 bits per heavy atom. The van der Waals surface area contributed by atoms with Crippen LogP contribution in [0.15, 0.2) is 72.8 Å². The van der Waals surface area contributed by atoms with Crippen molar-refractivity contribution in [3.63, 3.8) is 0 Å². The Balaban J connectivity index is 1.64. The largest absolute Gasteiger partial charge is 0.467 e. The van der Waals surface area contributed by atoms with E-state index < -0.39 is 41.7 Å². The summed E-state index contributed by atoms with van der Waals surface area (Å²) < 4.78 is 43.3. The standard InChI is InChI=1S/C25H20F3NO4/c1-33-24(32)21(20-18-8-4-2-6-16(18)17-7-3-5-9-19(17)20)29-23(31)22(30)14-10-12-15(13-11-14)25(26,27)28/h2-13,20-22,30H,1H3,(H,29,31)/t21-,22-/m1/s1. The fourth-order valence-electron chi connectivity index (χ4n) is 4.20. The predicted molar refractivity (Wildman–Crippen MR) is 114 cm³/mol. The Kier molecular flexibility index (Phi) is 5.95.